The van der Waals surface area contributed by atoms with Crippen LogP contribution in [0.15, 0.2) is 109 Å². The molecule has 0 radical (unpaired) electrons. The zero-order chi connectivity index (χ0) is 15.2. The Hall–Kier alpha value is -1.87. The molecule has 0 atom stereocenters. The van der Waals surface area contributed by atoms with Gasteiger partial charge in [0.15, 0.2) is 0 Å². The van der Waals surface area contributed by atoms with Crippen LogP contribution in [0.25, 0.3) is 0 Å². The van der Waals surface area contributed by atoms with E-state index in [1.807, 2.05) is 48.1 Å². The van der Waals surface area contributed by atoms with Crippen molar-refractivity contribution in [1.82, 2.24) is 0 Å². The number of rotatable bonds is 1. The number of hydrogen-bond donors (Lipinski definition) is 0. The minimum atomic E-state index is 0. The SMILES string of the molecule is C[n+]1c[n+]([C-]2C=CC(=C3C=CC=C3)C=C2)c[cH-]1.[Br-].[Fe+2].c1cc[cH-]c1. The summed E-state index contributed by atoms with van der Waals surface area (Å²) in [5, 5.41) is 0. The Morgan fingerprint density at radius 1 is 0.917 bits per heavy atom. The predicted octanol–water partition coefficient (Wildman–Crippen LogP) is -0.147. The van der Waals surface area contributed by atoms with Crippen LogP contribution >= 0.6 is 0 Å². The van der Waals surface area contributed by atoms with Gasteiger partial charge in [0.25, 0.3) is 6.33 Å². The number of aromatic nitrogens is 2. The molecule has 0 unspecified atom stereocenters. The fourth-order valence-electron chi connectivity index (χ4n) is 2.32. The molecule has 0 bridgehead atoms. The van der Waals surface area contributed by atoms with Gasteiger partial charge in [0.1, 0.15) is 13.1 Å². The standard InChI is InChI=1S/C15H14N2.C5H5.BrH.Fe/c1-16-10-11-17(12-16)15-8-6-14(7-9-15)13-4-2-3-5-13;1-2-4-5-3-1;;/h2-12H,1H3;1-5H;1H;/q;-1;;+2/p-1. The first-order valence-electron chi connectivity index (χ1n) is 7.35. The van der Waals surface area contributed by atoms with Crippen molar-refractivity contribution in [2.45, 2.75) is 0 Å². The van der Waals surface area contributed by atoms with E-state index in [0.717, 1.165) is 0 Å². The van der Waals surface area contributed by atoms with E-state index >= 15 is 0 Å². The summed E-state index contributed by atoms with van der Waals surface area (Å²) in [4.78, 5) is 0. The summed E-state index contributed by atoms with van der Waals surface area (Å²) in [6.45, 7) is 0. The molecular weight excluding hydrogens is 404 g/mol. The zero-order valence-electron chi connectivity index (χ0n) is 13.4. The van der Waals surface area contributed by atoms with Crippen molar-refractivity contribution in [2.75, 3.05) is 0 Å². The zero-order valence-corrected chi connectivity index (χ0v) is 16.1. The molecule has 4 heteroatoms. The van der Waals surface area contributed by atoms with Crippen molar-refractivity contribution in [1.29, 1.82) is 0 Å². The molecule has 2 aliphatic rings. The molecule has 0 amide bonds. The van der Waals surface area contributed by atoms with E-state index in [4.69, 9.17) is 0 Å². The van der Waals surface area contributed by atoms with E-state index in [1.165, 1.54) is 17.2 Å². The topological polar surface area (TPSA) is 7.76 Å². The number of hydrogen-bond acceptors (Lipinski definition) is 0. The van der Waals surface area contributed by atoms with Gasteiger partial charge in [-0.05, 0) is 5.57 Å². The van der Waals surface area contributed by atoms with Crippen LogP contribution in [0.5, 0.6) is 0 Å². The molecule has 2 aliphatic carbocycles. The van der Waals surface area contributed by atoms with E-state index in [2.05, 4.69) is 65.7 Å². The van der Waals surface area contributed by atoms with Gasteiger partial charge < -0.3 is 21.5 Å². The summed E-state index contributed by atoms with van der Waals surface area (Å²) in [6.07, 6.45) is 23.1. The quantitative estimate of drug-likeness (QED) is 0.343. The molecule has 2 aromatic rings. The molecule has 4 rings (SSSR count). The Labute approximate surface area is 164 Å². The van der Waals surface area contributed by atoms with Crippen molar-refractivity contribution in [2.24, 2.45) is 7.05 Å². The second-order valence-corrected chi connectivity index (χ2v) is 5.17. The van der Waals surface area contributed by atoms with Crippen LogP contribution in [0.3, 0.4) is 0 Å². The fourth-order valence-corrected chi connectivity index (χ4v) is 2.32. The Kier molecular flexibility index (Phi) is 8.48. The van der Waals surface area contributed by atoms with E-state index in [1.54, 1.807) is 0 Å². The summed E-state index contributed by atoms with van der Waals surface area (Å²) in [6, 6.07) is 11.2. The monoisotopic (exact) mass is 422 g/mol. The van der Waals surface area contributed by atoms with Gasteiger partial charge in [0, 0.05) is 0 Å². The van der Waals surface area contributed by atoms with E-state index < -0.39 is 0 Å². The third-order valence-electron chi connectivity index (χ3n) is 3.49. The van der Waals surface area contributed by atoms with Gasteiger partial charge in [0.05, 0.1) is 12.4 Å². The summed E-state index contributed by atoms with van der Waals surface area (Å²) in [5.74, 6) is 0. The largest absolute Gasteiger partial charge is 2.00 e. The van der Waals surface area contributed by atoms with Crippen LogP contribution < -0.4 is 26.1 Å². The fraction of sp³-hybridized carbons (Fsp3) is 0.0500. The van der Waals surface area contributed by atoms with Gasteiger partial charge in [0.2, 0.25) is 0 Å². The first-order chi connectivity index (χ1) is 10.8. The smallest absolute Gasteiger partial charge is 1.00 e. The molecule has 0 spiro atoms. The number of halogens is 1. The molecule has 2 nitrogen and oxygen atoms in total. The molecule has 0 fully saturated rings. The maximum absolute atomic E-state index is 2.16. The van der Waals surface area contributed by atoms with Gasteiger partial charge in [-0.25, -0.2) is 12.1 Å². The van der Waals surface area contributed by atoms with Crippen molar-refractivity contribution in [3.05, 3.63) is 115 Å². The maximum atomic E-state index is 2.16. The van der Waals surface area contributed by atoms with Crippen LogP contribution in [0.2, 0.25) is 0 Å². The van der Waals surface area contributed by atoms with Crippen LogP contribution in [-0.4, -0.2) is 0 Å². The van der Waals surface area contributed by atoms with E-state index in [-0.39, 0.29) is 34.1 Å². The summed E-state index contributed by atoms with van der Waals surface area (Å²) in [5.41, 5.74) is 2.53. The minimum absolute atomic E-state index is 0. The average molecular weight is 423 g/mol. The Morgan fingerprint density at radius 3 is 1.96 bits per heavy atom. The van der Waals surface area contributed by atoms with Gasteiger partial charge in [-0.15, -0.1) is 12.2 Å². The Balaban J connectivity index is 0.000000357. The van der Waals surface area contributed by atoms with E-state index in [0.29, 0.717) is 0 Å². The molecule has 0 aliphatic heterocycles. The molecule has 1 aromatic heterocycles. The first-order valence-corrected chi connectivity index (χ1v) is 7.35. The number of imidazole rings is 1. The van der Waals surface area contributed by atoms with Gasteiger partial charge in [-0.1, -0.05) is 42.0 Å². The molecule has 0 N–H and O–H groups in total. The van der Waals surface area contributed by atoms with Gasteiger partial charge >= 0.3 is 17.1 Å². The second kappa shape index (κ2) is 10.1. The van der Waals surface area contributed by atoms with Crippen molar-refractivity contribution < 1.29 is 43.2 Å². The normalized spacial score (nSPS) is 14.1. The van der Waals surface area contributed by atoms with Crippen LogP contribution in [-0.2, 0) is 24.1 Å². The van der Waals surface area contributed by atoms with Crippen LogP contribution in [0, 0.1) is 6.04 Å². The molecule has 124 valence electrons. The van der Waals surface area contributed by atoms with Crippen LogP contribution in [0.1, 0.15) is 0 Å². The molecule has 24 heavy (non-hydrogen) atoms. The molecule has 0 saturated carbocycles. The van der Waals surface area contributed by atoms with Gasteiger partial charge in [-0.2, -0.15) is 18.2 Å². The average Bonchev–Trinajstić information content (AvgIpc) is 3.31. The van der Waals surface area contributed by atoms with Crippen molar-refractivity contribution in [3.8, 4) is 0 Å². The summed E-state index contributed by atoms with van der Waals surface area (Å²) < 4.78 is 4.14. The molecule has 1 heterocycles. The third-order valence-corrected chi connectivity index (χ3v) is 3.49. The first kappa shape index (κ1) is 20.2. The molecule has 0 saturated heterocycles. The van der Waals surface area contributed by atoms with Crippen LogP contribution in [0.4, 0.5) is 0 Å². The Morgan fingerprint density at radius 2 is 1.50 bits per heavy atom. The number of nitrogens with zero attached hydrogens (tertiary/aromatic N) is 2. The predicted molar refractivity (Wildman–Crippen MR) is 87.7 cm³/mol. The number of allylic oxidation sites excluding steroid dienone is 10. The second-order valence-electron chi connectivity index (χ2n) is 5.17. The summed E-state index contributed by atoms with van der Waals surface area (Å²) in [7, 11) is 2.02. The summed E-state index contributed by atoms with van der Waals surface area (Å²) >= 11 is 0. The molecule has 1 aromatic carbocycles. The van der Waals surface area contributed by atoms with E-state index in [9.17, 15) is 0 Å². The van der Waals surface area contributed by atoms with Crippen molar-refractivity contribution >= 4 is 0 Å². The number of aryl methyl sites for hydroxylation is 1. The third kappa shape index (κ3) is 5.34. The molecular formula is C20H19BrFeN2. The Bertz CT molecular complexity index is 714. The maximum Gasteiger partial charge on any atom is 2.00 e. The van der Waals surface area contributed by atoms with Crippen molar-refractivity contribution in [3.63, 3.8) is 0 Å². The van der Waals surface area contributed by atoms with Gasteiger partial charge in [-0.3, -0.25) is 4.57 Å². The minimum Gasteiger partial charge on any atom is -1.00 e.